The third-order valence-corrected chi connectivity index (χ3v) is 2.78. The van der Waals surface area contributed by atoms with Crippen molar-refractivity contribution in [1.82, 2.24) is 0 Å². The Morgan fingerprint density at radius 2 is 1.83 bits per heavy atom. The fraction of sp³-hybridized carbons (Fsp3) is 0.235. The number of unbranched alkanes of at least 4 members (excludes halogenated alkanes) is 1. The molecule has 1 nitrogen and oxygen atoms in total. The normalized spacial score (nSPS) is 10.3. The van der Waals surface area contributed by atoms with E-state index in [0.717, 1.165) is 12.2 Å². The molecule has 0 aliphatic rings. The third kappa shape index (κ3) is 3.92. The lowest BCUT2D eigenvalue weighted by Gasteiger charge is -2.08. The first-order valence-electron chi connectivity index (χ1n) is 6.48. The highest BCUT2D eigenvalue weighted by molar-refractivity contribution is 5.32. The van der Waals surface area contributed by atoms with E-state index in [2.05, 4.69) is 37.6 Å². The van der Waals surface area contributed by atoms with Crippen LogP contribution in [0.15, 0.2) is 54.6 Å². The standard InChI is InChI=1S/C17H19O/c1-2-3-8-15-11-7-12-17(13-15)18-14-16-9-5-4-6-10-16/h4-13H,2-3,14H2,1H3. The van der Waals surface area contributed by atoms with E-state index in [4.69, 9.17) is 4.74 Å². The molecular formula is C17H19O. The van der Waals surface area contributed by atoms with Crippen molar-refractivity contribution < 1.29 is 4.74 Å². The highest BCUT2D eigenvalue weighted by Crippen LogP contribution is 2.17. The second-order valence-electron chi connectivity index (χ2n) is 4.34. The highest BCUT2D eigenvalue weighted by atomic mass is 16.5. The molecule has 0 unspecified atom stereocenters. The average Bonchev–Trinajstić information content (AvgIpc) is 2.44. The van der Waals surface area contributed by atoms with Crippen LogP contribution in [0.3, 0.4) is 0 Å². The number of rotatable bonds is 6. The van der Waals surface area contributed by atoms with Crippen LogP contribution in [0.2, 0.25) is 0 Å². The Morgan fingerprint density at radius 1 is 1.00 bits per heavy atom. The molecule has 0 fully saturated rings. The summed E-state index contributed by atoms with van der Waals surface area (Å²) in [6, 6.07) is 18.5. The quantitative estimate of drug-likeness (QED) is 0.714. The SMILES string of the molecule is CCC[CH]c1cccc(OCc2ccccc2)c1. The number of benzene rings is 2. The van der Waals surface area contributed by atoms with Crippen molar-refractivity contribution in [3.8, 4) is 5.75 Å². The van der Waals surface area contributed by atoms with Crippen LogP contribution >= 0.6 is 0 Å². The maximum atomic E-state index is 5.79. The van der Waals surface area contributed by atoms with Gasteiger partial charge < -0.3 is 4.74 Å². The molecule has 18 heavy (non-hydrogen) atoms. The van der Waals surface area contributed by atoms with Crippen LogP contribution in [-0.2, 0) is 6.61 Å². The zero-order valence-electron chi connectivity index (χ0n) is 10.8. The molecule has 0 atom stereocenters. The van der Waals surface area contributed by atoms with E-state index in [1.807, 2.05) is 30.3 Å². The molecule has 2 aromatic carbocycles. The summed E-state index contributed by atoms with van der Waals surface area (Å²) in [6.45, 7) is 2.81. The third-order valence-electron chi connectivity index (χ3n) is 2.78. The maximum Gasteiger partial charge on any atom is 0.120 e. The molecule has 0 spiro atoms. The van der Waals surface area contributed by atoms with Crippen LogP contribution in [0.4, 0.5) is 0 Å². The fourth-order valence-corrected chi connectivity index (χ4v) is 1.78. The summed E-state index contributed by atoms with van der Waals surface area (Å²) in [7, 11) is 0. The topological polar surface area (TPSA) is 9.23 Å². The minimum absolute atomic E-state index is 0.623. The van der Waals surface area contributed by atoms with Crippen molar-refractivity contribution >= 4 is 0 Å². The zero-order chi connectivity index (χ0) is 12.6. The summed E-state index contributed by atoms with van der Waals surface area (Å²) >= 11 is 0. The van der Waals surface area contributed by atoms with Crippen molar-refractivity contribution in [2.45, 2.75) is 26.4 Å². The van der Waals surface area contributed by atoms with Gasteiger partial charge in [0.15, 0.2) is 0 Å². The summed E-state index contributed by atoms with van der Waals surface area (Å²) in [5.74, 6) is 0.934. The fourth-order valence-electron chi connectivity index (χ4n) is 1.78. The summed E-state index contributed by atoms with van der Waals surface area (Å²) in [5.41, 5.74) is 2.43. The van der Waals surface area contributed by atoms with E-state index < -0.39 is 0 Å². The van der Waals surface area contributed by atoms with E-state index in [-0.39, 0.29) is 0 Å². The molecule has 0 saturated carbocycles. The van der Waals surface area contributed by atoms with Crippen molar-refractivity contribution in [3.63, 3.8) is 0 Å². The Balaban J connectivity index is 1.93. The van der Waals surface area contributed by atoms with Gasteiger partial charge in [-0.15, -0.1) is 0 Å². The van der Waals surface area contributed by atoms with Gasteiger partial charge in [-0.25, -0.2) is 0 Å². The van der Waals surface area contributed by atoms with Gasteiger partial charge in [0.25, 0.3) is 0 Å². The van der Waals surface area contributed by atoms with Gasteiger partial charge in [-0.3, -0.25) is 0 Å². The molecule has 93 valence electrons. The summed E-state index contributed by atoms with van der Waals surface area (Å²) in [5, 5.41) is 0. The smallest absolute Gasteiger partial charge is 0.120 e. The number of ether oxygens (including phenoxy) is 1. The van der Waals surface area contributed by atoms with Gasteiger partial charge >= 0.3 is 0 Å². The minimum Gasteiger partial charge on any atom is -0.489 e. The van der Waals surface area contributed by atoms with E-state index in [0.29, 0.717) is 6.61 Å². The van der Waals surface area contributed by atoms with Gasteiger partial charge in [0, 0.05) is 0 Å². The number of hydrogen-bond donors (Lipinski definition) is 0. The average molecular weight is 239 g/mol. The first-order chi connectivity index (χ1) is 8.88. The van der Waals surface area contributed by atoms with Crippen LogP contribution in [0.1, 0.15) is 30.9 Å². The van der Waals surface area contributed by atoms with Crippen LogP contribution in [0.25, 0.3) is 0 Å². The zero-order valence-corrected chi connectivity index (χ0v) is 10.8. The van der Waals surface area contributed by atoms with Crippen LogP contribution in [0.5, 0.6) is 5.75 Å². The Hall–Kier alpha value is -1.76. The van der Waals surface area contributed by atoms with Crippen molar-refractivity contribution in [2.75, 3.05) is 0 Å². The molecule has 0 heterocycles. The second-order valence-corrected chi connectivity index (χ2v) is 4.34. The maximum absolute atomic E-state index is 5.79. The first-order valence-corrected chi connectivity index (χ1v) is 6.48. The lowest BCUT2D eigenvalue weighted by Crippen LogP contribution is -1.95. The summed E-state index contributed by atoms with van der Waals surface area (Å²) < 4.78 is 5.79. The summed E-state index contributed by atoms with van der Waals surface area (Å²) in [6.07, 6.45) is 4.53. The Labute approximate surface area is 109 Å². The lowest BCUT2D eigenvalue weighted by atomic mass is 10.1. The van der Waals surface area contributed by atoms with Crippen molar-refractivity contribution in [3.05, 3.63) is 72.1 Å². The predicted octanol–water partition coefficient (Wildman–Crippen LogP) is 4.62. The highest BCUT2D eigenvalue weighted by Gasteiger charge is 1.98. The van der Waals surface area contributed by atoms with Gasteiger partial charge in [-0.05, 0) is 36.1 Å². The van der Waals surface area contributed by atoms with Gasteiger partial charge in [0.2, 0.25) is 0 Å². The van der Waals surface area contributed by atoms with Crippen LogP contribution < -0.4 is 4.74 Å². The molecule has 0 aliphatic carbocycles. The molecular weight excluding hydrogens is 220 g/mol. The number of hydrogen-bond acceptors (Lipinski definition) is 1. The molecule has 2 rings (SSSR count). The first kappa shape index (κ1) is 12.7. The Bertz CT molecular complexity index is 462. The molecule has 0 amide bonds. The second kappa shape index (κ2) is 6.85. The summed E-state index contributed by atoms with van der Waals surface area (Å²) in [4.78, 5) is 0. The molecule has 2 aromatic rings. The molecule has 0 aliphatic heterocycles. The van der Waals surface area contributed by atoms with Crippen molar-refractivity contribution in [2.24, 2.45) is 0 Å². The van der Waals surface area contributed by atoms with Crippen LogP contribution in [-0.4, -0.2) is 0 Å². The minimum atomic E-state index is 0.623. The van der Waals surface area contributed by atoms with Gasteiger partial charge in [0.1, 0.15) is 12.4 Å². The van der Waals surface area contributed by atoms with E-state index in [1.165, 1.54) is 17.5 Å². The van der Waals surface area contributed by atoms with Gasteiger partial charge in [-0.1, -0.05) is 55.8 Å². The molecule has 0 N–H and O–H groups in total. The van der Waals surface area contributed by atoms with E-state index >= 15 is 0 Å². The molecule has 0 bridgehead atoms. The molecule has 0 saturated heterocycles. The van der Waals surface area contributed by atoms with Crippen LogP contribution in [0, 0.1) is 6.42 Å². The van der Waals surface area contributed by atoms with Gasteiger partial charge in [0.05, 0.1) is 0 Å². The lowest BCUT2D eigenvalue weighted by molar-refractivity contribution is 0.306. The molecule has 1 radical (unpaired) electrons. The monoisotopic (exact) mass is 239 g/mol. The predicted molar refractivity (Wildman–Crippen MR) is 75.5 cm³/mol. The van der Waals surface area contributed by atoms with Gasteiger partial charge in [-0.2, -0.15) is 0 Å². The van der Waals surface area contributed by atoms with E-state index in [1.54, 1.807) is 0 Å². The molecule has 1 heteroatoms. The Morgan fingerprint density at radius 3 is 2.61 bits per heavy atom. The Kier molecular flexibility index (Phi) is 4.83. The molecule has 0 aromatic heterocycles. The largest absolute Gasteiger partial charge is 0.489 e. The van der Waals surface area contributed by atoms with E-state index in [9.17, 15) is 0 Å². The van der Waals surface area contributed by atoms with Crippen molar-refractivity contribution in [1.29, 1.82) is 0 Å².